The van der Waals surface area contributed by atoms with E-state index < -0.39 is 6.10 Å². The van der Waals surface area contributed by atoms with Gasteiger partial charge in [-0.2, -0.15) is 0 Å². The van der Waals surface area contributed by atoms with Crippen molar-refractivity contribution in [3.8, 4) is 0 Å². The third-order valence-corrected chi connectivity index (χ3v) is 8.56. The maximum Gasteiger partial charge on any atom is 0.306 e. The molecule has 0 bridgehead atoms. The molecule has 0 heterocycles. The van der Waals surface area contributed by atoms with Gasteiger partial charge in [0.25, 0.3) is 0 Å². The molecule has 1 N–H and O–H groups in total. The number of carbonyl (C=O) groups is 2. The minimum Gasteiger partial charge on any atom is -0.462 e. The Morgan fingerprint density at radius 3 is 1.23 bits per heavy atom. The van der Waals surface area contributed by atoms with Gasteiger partial charge in [0.05, 0.1) is 6.61 Å². The van der Waals surface area contributed by atoms with Crippen molar-refractivity contribution in [3.63, 3.8) is 0 Å². The van der Waals surface area contributed by atoms with E-state index in [1.165, 1.54) is 141 Å². The molecule has 0 spiro atoms. The molecule has 0 fully saturated rings. The summed E-state index contributed by atoms with van der Waals surface area (Å²) in [4.78, 5) is 24.1. The Morgan fingerprint density at radius 2 is 0.841 bits per heavy atom. The van der Waals surface area contributed by atoms with Crippen LogP contribution in [0.1, 0.15) is 206 Å². The summed E-state index contributed by atoms with van der Waals surface area (Å²) in [5, 5.41) is 9.51. The zero-order valence-electron chi connectivity index (χ0n) is 29.4. The van der Waals surface area contributed by atoms with Crippen molar-refractivity contribution < 1.29 is 24.2 Å². The number of ether oxygens (including phenoxy) is 2. The van der Waals surface area contributed by atoms with Crippen LogP contribution in [0.3, 0.4) is 0 Å². The molecule has 0 amide bonds. The van der Waals surface area contributed by atoms with Crippen molar-refractivity contribution in [2.75, 3.05) is 13.2 Å². The second-order valence-electron chi connectivity index (χ2n) is 13.0. The average Bonchev–Trinajstić information content (AvgIpc) is 3.02. The normalized spacial score (nSPS) is 12.2. The van der Waals surface area contributed by atoms with Crippen LogP contribution in [0.5, 0.6) is 0 Å². The number of hydrogen-bond acceptors (Lipinski definition) is 5. The first kappa shape index (κ1) is 42.6. The van der Waals surface area contributed by atoms with E-state index in [1.54, 1.807) is 0 Å². The molecule has 0 aromatic rings. The van der Waals surface area contributed by atoms with Crippen LogP contribution in [0.15, 0.2) is 12.2 Å². The minimum atomic E-state index is -0.763. The van der Waals surface area contributed by atoms with E-state index in [4.69, 9.17) is 9.47 Å². The summed E-state index contributed by atoms with van der Waals surface area (Å²) in [5.74, 6) is -0.587. The third kappa shape index (κ3) is 33.5. The van der Waals surface area contributed by atoms with Gasteiger partial charge in [-0.25, -0.2) is 0 Å². The monoisotopic (exact) mass is 623 g/mol. The van der Waals surface area contributed by atoms with Crippen molar-refractivity contribution in [1.29, 1.82) is 0 Å². The zero-order chi connectivity index (χ0) is 32.2. The van der Waals surface area contributed by atoms with Crippen LogP contribution >= 0.6 is 0 Å². The fraction of sp³-hybridized carbons (Fsp3) is 0.897. The first-order valence-electron chi connectivity index (χ1n) is 19.2. The molecule has 260 valence electrons. The number of hydrogen-bond donors (Lipinski definition) is 1. The number of esters is 2. The summed E-state index contributed by atoms with van der Waals surface area (Å²) in [5.41, 5.74) is 0. The van der Waals surface area contributed by atoms with Crippen molar-refractivity contribution in [2.24, 2.45) is 0 Å². The predicted octanol–water partition coefficient (Wildman–Crippen LogP) is 11.7. The Labute approximate surface area is 273 Å². The topological polar surface area (TPSA) is 72.8 Å². The highest BCUT2D eigenvalue weighted by molar-refractivity contribution is 5.70. The lowest BCUT2D eigenvalue weighted by atomic mass is 10.0. The molecule has 5 nitrogen and oxygen atoms in total. The maximum atomic E-state index is 12.1. The summed E-state index contributed by atoms with van der Waals surface area (Å²) >= 11 is 0. The minimum absolute atomic E-state index is 0.0607. The Hall–Kier alpha value is -1.36. The van der Waals surface area contributed by atoms with Gasteiger partial charge in [-0.05, 0) is 38.5 Å². The summed E-state index contributed by atoms with van der Waals surface area (Å²) in [6.45, 7) is 4.12. The molecule has 5 heteroatoms. The molecule has 44 heavy (non-hydrogen) atoms. The van der Waals surface area contributed by atoms with Crippen LogP contribution in [-0.4, -0.2) is 36.4 Å². The van der Waals surface area contributed by atoms with Gasteiger partial charge in [0.2, 0.25) is 0 Å². The lowest BCUT2D eigenvalue weighted by Gasteiger charge is -2.15. The largest absolute Gasteiger partial charge is 0.462 e. The van der Waals surface area contributed by atoms with E-state index in [2.05, 4.69) is 26.0 Å². The van der Waals surface area contributed by atoms with Crippen LogP contribution in [0.4, 0.5) is 0 Å². The number of allylic oxidation sites excluding steroid dienone is 2. The molecule has 1 atom stereocenters. The molecule has 0 aliphatic rings. The molecule has 0 aromatic heterocycles. The number of aliphatic hydroxyl groups is 1. The van der Waals surface area contributed by atoms with E-state index >= 15 is 0 Å². The van der Waals surface area contributed by atoms with Crippen LogP contribution in [0.2, 0.25) is 0 Å². The van der Waals surface area contributed by atoms with E-state index in [-0.39, 0.29) is 25.2 Å². The SMILES string of the molecule is CCCCCCCC/C=C/CCCCCCCCCCCCCC(=O)O[C@@H](CO)COC(=O)CCCCCCCCCCC. The maximum absolute atomic E-state index is 12.1. The molecule has 0 rings (SSSR count). The molecular weight excluding hydrogens is 548 g/mol. The number of aliphatic hydroxyl groups excluding tert-OH is 1. The lowest BCUT2D eigenvalue weighted by molar-refractivity contribution is -0.161. The quantitative estimate of drug-likeness (QED) is 0.0432. The van der Waals surface area contributed by atoms with Crippen molar-refractivity contribution in [3.05, 3.63) is 12.2 Å². The summed E-state index contributed by atoms with van der Waals surface area (Å²) in [6.07, 6.45) is 39.9. The van der Waals surface area contributed by atoms with Gasteiger partial charge in [0, 0.05) is 12.8 Å². The molecular formula is C39H74O5. The van der Waals surface area contributed by atoms with Crippen LogP contribution in [-0.2, 0) is 19.1 Å². The Bertz CT molecular complexity index is 632. The highest BCUT2D eigenvalue weighted by Crippen LogP contribution is 2.14. The summed E-state index contributed by atoms with van der Waals surface area (Å²) in [7, 11) is 0. The van der Waals surface area contributed by atoms with Gasteiger partial charge in [-0.3, -0.25) is 9.59 Å². The fourth-order valence-corrected chi connectivity index (χ4v) is 5.61. The number of rotatable bonds is 35. The van der Waals surface area contributed by atoms with Crippen LogP contribution < -0.4 is 0 Å². The van der Waals surface area contributed by atoms with Crippen molar-refractivity contribution in [2.45, 2.75) is 213 Å². The van der Waals surface area contributed by atoms with Crippen LogP contribution in [0.25, 0.3) is 0 Å². The fourth-order valence-electron chi connectivity index (χ4n) is 5.61. The molecule has 0 saturated heterocycles. The molecule has 0 saturated carbocycles. The first-order chi connectivity index (χ1) is 21.6. The molecule has 0 aliphatic carbocycles. The van der Waals surface area contributed by atoms with E-state index in [0.29, 0.717) is 12.8 Å². The standard InChI is InChI=1S/C39H74O5/c1-3-5-7-9-11-13-14-15-16-17-18-19-20-21-22-23-24-26-28-30-32-34-39(42)44-37(35-40)36-43-38(41)33-31-29-27-25-12-10-8-6-4-2/h15-16,37,40H,3-14,17-36H2,1-2H3/b16-15+/t37-/m0/s1. The number of unbranched alkanes of at least 4 members (excludes halogenated alkanes) is 25. The van der Waals surface area contributed by atoms with Gasteiger partial charge in [0.1, 0.15) is 6.61 Å². The second-order valence-corrected chi connectivity index (χ2v) is 13.0. The third-order valence-electron chi connectivity index (χ3n) is 8.56. The van der Waals surface area contributed by atoms with E-state index in [1.807, 2.05) is 0 Å². The average molecular weight is 623 g/mol. The Kier molecular flexibility index (Phi) is 35.0. The second kappa shape index (κ2) is 36.1. The van der Waals surface area contributed by atoms with Crippen molar-refractivity contribution in [1.82, 2.24) is 0 Å². The van der Waals surface area contributed by atoms with E-state index in [0.717, 1.165) is 38.5 Å². The van der Waals surface area contributed by atoms with Gasteiger partial charge < -0.3 is 14.6 Å². The van der Waals surface area contributed by atoms with Gasteiger partial charge >= 0.3 is 11.9 Å². The van der Waals surface area contributed by atoms with Gasteiger partial charge in [-0.1, -0.05) is 167 Å². The first-order valence-corrected chi connectivity index (χ1v) is 19.2. The molecule has 0 unspecified atom stereocenters. The van der Waals surface area contributed by atoms with Gasteiger partial charge in [-0.15, -0.1) is 0 Å². The Morgan fingerprint density at radius 1 is 0.500 bits per heavy atom. The Balaban J connectivity index is 3.48. The lowest BCUT2D eigenvalue weighted by Crippen LogP contribution is -2.28. The van der Waals surface area contributed by atoms with Crippen molar-refractivity contribution >= 4 is 11.9 Å². The zero-order valence-corrected chi connectivity index (χ0v) is 29.4. The molecule has 0 aliphatic heterocycles. The highest BCUT2D eigenvalue weighted by atomic mass is 16.6. The smallest absolute Gasteiger partial charge is 0.306 e. The predicted molar refractivity (Wildman–Crippen MR) is 187 cm³/mol. The summed E-state index contributed by atoms with van der Waals surface area (Å²) in [6, 6.07) is 0. The van der Waals surface area contributed by atoms with Crippen LogP contribution in [0, 0.1) is 0 Å². The molecule has 0 aromatic carbocycles. The highest BCUT2D eigenvalue weighted by Gasteiger charge is 2.16. The summed E-state index contributed by atoms with van der Waals surface area (Å²) < 4.78 is 10.6. The molecule has 0 radical (unpaired) electrons. The number of carbonyl (C=O) groups excluding carboxylic acids is 2. The van der Waals surface area contributed by atoms with Gasteiger partial charge in [0.15, 0.2) is 6.10 Å². The van der Waals surface area contributed by atoms with E-state index in [9.17, 15) is 14.7 Å².